The van der Waals surface area contributed by atoms with E-state index in [4.69, 9.17) is 0 Å². The normalized spacial score (nSPS) is 17.6. The van der Waals surface area contributed by atoms with Gasteiger partial charge in [-0.2, -0.15) is 0 Å². The van der Waals surface area contributed by atoms with Gasteiger partial charge in [-0.25, -0.2) is 0 Å². The van der Waals surface area contributed by atoms with Gasteiger partial charge in [-0.1, -0.05) is 13.8 Å². The number of likely N-dealkylation sites (N-methyl/N-ethyl adjacent to an activating group) is 1. The van der Waals surface area contributed by atoms with E-state index in [0.29, 0.717) is 17.2 Å². The van der Waals surface area contributed by atoms with Crippen molar-refractivity contribution in [2.75, 3.05) is 60.9 Å². The summed E-state index contributed by atoms with van der Waals surface area (Å²) in [5.41, 5.74) is 3.72. The lowest BCUT2D eigenvalue weighted by Crippen LogP contribution is -2.46. The molecule has 1 N–H and O–H groups in total. The Kier molecular flexibility index (Phi) is 7.36. The molecular weight excluding hydrogens is 430 g/mol. The van der Waals surface area contributed by atoms with Gasteiger partial charge in [-0.05, 0) is 68.1 Å². The molecule has 2 saturated heterocycles. The van der Waals surface area contributed by atoms with Crippen molar-refractivity contribution in [1.29, 1.82) is 0 Å². The predicted molar refractivity (Wildman–Crippen MR) is 137 cm³/mol. The Hall–Kier alpha value is -3.13. The number of piperazine rings is 1. The average molecular weight is 466 g/mol. The van der Waals surface area contributed by atoms with Crippen molar-refractivity contribution in [3.8, 4) is 0 Å². The van der Waals surface area contributed by atoms with Crippen LogP contribution in [-0.4, -0.2) is 61.5 Å². The first kappa shape index (κ1) is 24.0. The number of carbonyl (C=O) groups excluding carboxylic acids is 1. The molecule has 2 aromatic carbocycles. The summed E-state index contributed by atoms with van der Waals surface area (Å²) < 4.78 is 0. The summed E-state index contributed by atoms with van der Waals surface area (Å²) in [6, 6.07) is 10.9. The van der Waals surface area contributed by atoms with Crippen LogP contribution in [0.5, 0.6) is 0 Å². The van der Waals surface area contributed by atoms with E-state index >= 15 is 0 Å². The first-order chi connectivity index (χ1) is 16.4. The second-order valence-electron chi connectivity index (χ2n) is 9.50. The Bertz CT molecular complexity index is 1040. The third kappa shape index (κ3) is 5.33. The van der Waals surface area contributed by atoms with E-state index in [-0.39, 0.29) is 16.5 Å². The lowest BCUT2D eigenvalue weighted by molar-refractivity contribution is -0.384. The van der Waals surface area contributed by atoms with Crippen LogP contribution in [0, 0.1) is 23.0 Å². The molecule has 0 saturated carbocycles. The van der Waals surface area contributed by atoms with Crippen LogP contribution in [0.2, 0.25) is 0 Å². The van der Waals surface area contributed by atoms with Crippen LogP contribution in [0.4, 0.5) is 22.7 Å². The topological polar surface area (TPSA) is 82.0 Å². The average Bonchev–Trinajstić information content (AvgIpc) is 2.85. The summed E-state index contributed by atoms with van der Waals surface area (Å²) in [7, 11) is 0. The number of nitrogens with zero attached hydrogens (tertiary/aromatic N) is 4. The number of anilines is 3. The highest BCUT2D eigenvalue weighted by molar-refractivity contribution is 6.05. The first-order valence-corrected chi connectivity index (χ1v) is 12.3. The van der Waals surface area contributed by atoms with Crippen molar-refractivity contribution in [1.82, 2.24) is 4.90 Å². The van der Waals surface area contributed by atoms with Crippen molar-refractivity contribution in [3.05, 3.63) is 57.6 Å². The maximum Gasteiger partial charge on any atom is 0.293 e. The van der Waals surface area contributed by atoms with Crippen LogP contribution in [0.15, 0.2) is 36.4 Å². The molecule has 8 nitrogen and oxygen atoms in total. The summed E-state index contributed by atoms with van der Waals surface area (Å²) in [6.07, 6.45) is 2.03. The second kappa shape index (κ2) is 10.4. The molecule has 0 unspecified atom stereocenters. The molecule has 0 aromatic heterocycles. The number of nitro benzene ring substituents is 1. The molecule has 8 heteroatoms. The number of hydrogen-bond donors (Lipinski definition) is 1. The molecule has 2 aromatic rings. The highest BCUT2D eigenvalue weighted by atomic mass is 16.6. The number of carbonyl (C=O) groups is 1. The van der Waals surface area contributed by atoms with E-state index in [1.165, 1.54) is 6.07 Å². The van der Waals surface area contributed by atoms with Crippen LogP contribution < -0.4 is 15.1 Å². The Labute approximate surface area is 201 Å². The Balaban J connectivity index is 1.47. The number of nitro groups is 1. The minimum Gasteiger partial charge on any atom is -0.369 e. The maximum atomic E-state index is 13.0. The SMILES string of the molecule is CCN1CCN(c2ccc(NC(=O)c3ccc(N4CCC(C)CC4)c([N+](=O)[O-])c3)c(C)c2)CC1. The zero-order chi connectivity index (χ0) is 24.2. The summed E-state index contributed by atoms with van der Waals surface area (Å²) in [6.45, 7) is 13.1. The van der Waals surface area contributed by atoms with Crippen molar-refractivity contribution < 1.29 is 9.72 Å². The van der Waals surface area contributed by atoms with E-state index in [9.17, 15) is 14.9 Å². The standard InChI is InChI=1S/C26H35N5O3/c1-4-28-13-15-29(16-14-28)22-6-7-23(20(3)17-22)27-26(32)21-5-8-24(25(18-21)31(33)34)30-11-9-19(2)10-12-30/h5-8,17-19H,4,9-16H2,1-3H3,(H,27,32). The van der Waals surface area contributed by atoms with Crippen molar-refractivity contribution >= 4 is 28.7 Å². The lowest BCUT2D eigenvalue weighted by atomic mass is 9.98. The van der Waals surface area contributed by atoms with Gasteiger partial charge in [0.25, 0.3) is 11.6 Å². The van der Waals surface area contributed by atoms with Gasteiger partial charge >= 0.3 is 0 Å². The van der Waals surface area contributed by atoms with Gasteiger partial charge in [0.05, 0.1) is 4.92 Å². The van der Waals surface area contributed by atoms with E-state index in [2.05, 4.69) is 39.9 Å². The third-order valence-corrected chi connectivity index (χ3v) is 7.20. The molecule has 34 heavy (non-hydrogen) atoms. The number of benzene rings is 2. The molecule has 0 bridgehead atoms. The van der Waals surface area contributed by atoms with Gasteiger partial charge in [0.15, 0.2) is 0 Å². The molecule has 2 aliphatic heterocycles. The lowest BCUT2D eigenvalue weighted by Gasteiger charge is -2.35. The van der Waals surface area contributed by atoms with Crippen molar-refractivity contribution in [3.63, 3.8) is 0 Å². The zero-order valence-corrected chi connectivity index (χ0v) is 20.4. The van der Waals surface area contributed by atoms with E-state index in [0.717, 1.165) is 75.6 Å². The molecule has 2 aliphatic rings. The fourth-order valence-corrected chi connectivity index (χ4v) is 4.83. The summed E-state index contributed by atoms with van der Waals surface area (Å²) >= 11 is 0. The number of aryl methyl sites for hydroxylation is 1. The van der Waals surface area contributed by atoms with Gasteiger partial charge in [0.2, 0.25) is 0 Å². The number of amides is 1. The Morgan fingerprint density at radius 2 is 1.74 bits per heavy atom. The number of piperidine rings is 1. The quantitative estimate of drug-likeness (QED) is 0.498. The first-order valence-electron chi connectivity index (χ1n) is 12.3. The third-order valence-electron chi connectivity index (χ3n) is 7.20. The van der Waals surface area contributed by atoms with Crippen LogP contribution >= 0.6 is 0 Å². The monoisotopic (exact) mass is 465 g/mol. The predicted octanol–water partition coefficient (Wildman–Crippen LogP) is 4.53. The molecule has 182 valence electrons. The summed E-state index contributed by atoms with van der Waals surface area (Å²) in [5.74, 6) is 0.297. The maximum absolute atomic E-state index is 13.0. The van der Waals surface area contributed by atoms with Gasteiger partial charge in [-0.3, -0.25) is 14.9 Å². The molecule has 0 atom stereocenters. The Morgan fingerprint density at radius 1 is 1.03 bits per heavy atom. The van der Waals surface area contributed by atoms with Gasteiger partial charge in [0, 0.05) is 62.3 Å². The largest absolute Gasteiger partial charge is 0.369 e. The molecule has 0 aliphatic carbocycles. The Morgan fingerprint density at radius 3 is 2.35 bits per heavy atom. The number of nitrogens with one attached hydrogen (secondary N) is 1. The molecule has 1 amide bonds. The number of hydrogen-bond acceptors (Lipinski definition) is 6. The summed E-state index contributed by atoms with van der Waals surface area (Å²) in [5, 5.41) is 14.7. The zero-order valence-electron chi connectivity index (χ0n) is 20.4. The summed E-state index contributed by atoms with van der Waals surface area (Å²) in [4.78, 5) is 31.2. The minimum atomic E-state index is -0.386. The van der Waals surface area contributed by atoms with Crippen LogP contribution in [-0.2, 0) is 0 Å². The molecule has 0 radical (unpaired) electrons. The highest BCUT2D eigenvalue weighted by Crippen LogP contribution is 2.33. The van der Waals surface area contributed by atoms with E-state index < -0.39 is 0 Å². The number of rotatable bonds is 6. The smallest absolute Gasteiger partial charge is 0.293 e. The van der Waals surface area contributed by atoms with E-state index in [1.807, 2.05) is 19.1 Å². The van der Waals surface area contributed by atoms with Crippen LogP contribution in [0.3, 0.4) is 0 Å². The van der Waals surface area contributed by atoms with Crippen LogP contribution in [0.1, 0.15) is 42.6 Å². The fraction of sp³-hybridized carbons (Fsp3) is 0.500. The van der Waals surface area contributed by atoms with Crippen molar-refractivity contribution in [2.45, 2.75) is 33.6 Å². The van der Waals surface area contributed by atoms with Crippen LogP contribution in [0.25, 0.3) is 0 Å². The minimum absolute atomic E-state index is 0.0134. The molecule has 4 rings (SSSR count). The van der Waals surface area contributed by atoms with E-state index in [1.54, 1.807) is 12.1 Å². The van der Waals surface area contributed by atoms with Gasteiger partial charge in [0.1, 0.15) is 5.69 Å². The molecule has 2 fully saturated rings. The molecular formula is C26H35N5O3. The highest BCUT2D eigenvalue weighted by Gasteiger charge is 2.25. The van der Waals surface area contributed by atoms with Gasteiger partial charge < -0.3 is 20.0 Å². The van der Waals surface area contributed by atoms with Crippen molar-refractivity contribution in [2.24, 2.45) is 5.92 Å². The molecule has 0 spiro atoms. The fourth-order valence-electron chi connectivity index (χ4n) is 4.83. The molecule has 2 heterocycles. The van der Waals surface area contributed by atoms with Gasteiger partial charge in [-0.15, -0.1) is 0 Å². The second-order valence-corrected chi connectivity index (χ2v) is 9.50.